The van der Waals surface area contributed by atoms with Crippen LogP contribution in [0.4, 0.5) is 0 Å². The highest BCUT2D eigenvalue weighted by Gasteiger charge is 2.52. The molecule has 7 rings (SSSR count). The molecule has 0 amide bonds. The molecular formula is C60H77N3O9. The summed E-state index contributed by atoms with van der Waals surface area (Å²) >= 11 is 0. The van der Waals surface area contributed by atoms with Gasteiger partial charge in [0.2, 0.25) is 0 Å². The number of hydrogen-bond acceptors (Lipinski definition) is 10. The average Bonchev–Trinajstić information content (AvgIpc) is 3.43. The fraction of sp³-hybridized carbons (Fsp3) is 0.500. The lowest BCUT2D eigenvalue weighted by Crippen LogP contribution is -2.64. The number of benzene rings is 5. The average molecular weight is 984 g/mol. The molecular weight excluding hydrogens is 907 g/mol. The van der Waals surface area contributed by atoms with Crippen molar-refractivity contribution in [1.82, 2.24) is 0 Å². The Hall–Kier alpha value is -5.11. The molecule has 0 N–H and O–H groups in total. The molecule has 2 heterocycles. The summed E-state index contributed by atoms with van der Waals surface area (Å²) in [7, 11) is 1.65. The van der Waals surface area contributed by atoms with Gasteiger partial charge in [0.05, 0.1) is 65.0 Å². The van der Waals surface area contributed by atoms with Gasteiger partial charge in [-0.05, 0) is 46.3 Å². The van der Waals surface area contributed by atoms with Gasteiger partial charge >= 0.3 is 0 Å². The molecule has 12 nitrogen and oxygen atoms in total. The van der Waals surface area contributed by atoms with E-state index in [0.717, 1.165) is 52.8 Å². The summed E-state index contributed by atoms with van der Waals surface area (Å²) < 4.78 is 59.8. The second-order valence-corrected chi connectivity index (χ2v) is 19.0. The summed E-state index contributed by atoms with van der Waals surface area (Å²) in [5, 5.41) is 4.42. The fourth-order valence-electron chi connectivity index (χ4n) is 9.50. The van der Waals surface area contributed by atoms with Crippen LogP contribution in [0.15, 0.2) is 151 Å². The highest BCUT2D eigenvalue weighted by Crippen LogP contribution is 2.38. The van der Waals surface area contributed by atoms with Crippen molar-refractivity contribution < 1.29 is 42.6 Å². The van der Waals surface area contributed by atoms with Crippen molar-refractivity contribution in [2.24, 2.45) is 5.11 Å². The monoisotopic (exact) mass is 984 g/mol. The van der Waals surface area contributed by atoms with Crippen LogP contribution in [-0.4, -0.2) is 69.3 Å². The van der Waals surface area contributed by atoms with Crippen molar-refractivity contribution in [2.75, 3.05) is 20.3 Å². The minimum atomic E-state index is -0.989. The van der Waals surface area contributed by atoms with Gasteiger partial charge in [-0.15, -0.1) is 0 Å². The summed E-state index contributed by atoms with van der Waals surface area (Å²) in [5.74, 6) is 0.744. The summed E-state index contributed by atoms with van der Waals surface area (Å²) in [6.45, 7) is 3.60. The first-order valence-corrected chi connectivity index (χ1v) is 26.5. The predicted octanol–water partition coefficient (Wildman–Crippen LogP) is 14.0. The Morgan fingerprint density at radius 2 is 1.08 bits per heavy atom. The Kier molecular flexibility index (Phi) is 23.9. The summed E-state index contributed by atoms with van der Waals surface area (Å²) in [6, 6.07) is 47.0. The topological polar surface area (TPSA) is 132 Å². The van der Waals surface area contributed by atoms with Gasteiger partial charge in [0.15, 0.2) is 12.6 Å². The Bertz CT molecular complexity index is 2240. The zero-order valence-corrected chi connectivity index (χ0v) is 42.5. The minimum Gasteiger partial charge on any atom is -0.497 e. The lowest BCUT2D eigenvalue weighted by Gasteiger charge is -2.49. The van der Waals surface area contributed by atoms with Crippen molar-refractivity contribution in [2.45, 2.75) is 172 Å². The van der Waals surface area contributed by atoms with Gasteiger partial charge in [-0.2, -0.15) is 0 Å². The summed E-state index contributed by atoms with van der Waals surface area (Å²) in [5.41, 5.74) is 15.1. The smallest absolute Gasteiger partial charge is 0.186 e. The Balaban J connectivity index is 1.12. The molecule has 5 aromatic carbocycles. The molecule has 2 saturated heterocycles. The fourth-order valence-corrected chi connectivity index (χ4v) is 9.50. The van der Waals surface area contributed by atoms with Gasteiger partial charge < -0.3 is 42.6 Å². The van der Waals surface area contributed by atoms with Crippen LogP contribution >= 0.6 is 0 Å². The van der Waals surface area contributed by atoms with Crippen LogP contribution in [0.3, 0.4) is 0 Å². The normalized spacial score (nSPS) is 21.0. The highest BCUT2D eigenvalue weighted by molar-refractivity contribution is 5.27. The molecule has 0 aromatic heterocycles. The standard InChI is InChI=1S/C60H77N3O9/c1-3-4-5-6-7-8-9-10-11-12-13-26-35-53(65-40-46-27-18-14-19-28-46)55(66-41-47-29-20-15-21-30-47)52(62-63-61)44-69-60-58(68-43-49-36-38-51(64-2)39-37-49)57(67-42-48-31-22-16-23-32-48)56-54(71-60)45-70-59(72-56)50-33-24-17-25-34-50/h14-25,27-34,36-39,52-60H,3-13,26,35,40-45H2,1-2H3/t52-,53+,54+,55-,56-,57-,58+,59?,60-/m0/s1. The van der Waals surface area contributed by atoms with E-state index in [9.17, 15) is 5.53 Å². The van der Waals surface area contributed by atoms with Gasteiger partial charge in [-0.3, -0.25) is 0 Å². The summed E-state index contributed by atoms with van der Waals surface area (Å²) in [4.78, 5) is 3.39. The van der Waals surface area contributed by atoms with E-state index in [1.165, 1.54) is 57.8 Å². The molecule has 0 radical (unpaired) electrons. The van der Waals surface area contributed by atoms with Crippen LogP contribution in [0.25, 0.3) is 10.4 Å². The van der Waals surface area contributed by atoms with Gasteiger partial charge in [0.1, 0.15) is 30.2 Å². The van der Waals surface area contributed by atoms with Crippen molar-refractivity contribution in [3.05, 3.63) is 184 Å². The maximum atomic E-state index is 10.3. The van der Waals surface area contributed by atoms with E-state index in [0.29, 0.717) is 19.6 Å². The molecule has 12 heteroatoms. The van der Waals surface area contributed by atoms with Crippen LogP contribution < -0.4 is 4.74 Å². The van der Waals surface area contributed by atoms with E-state index >= 15 is 0 Å². The quantitative estimate of drug-likeness (QED) is 0.0174. The maximum Gasteiger partial charge on any atom is 0.186 e. The molecule has 5 aromatic rings. The number of rotatable bonds is 33. The molecule has 1 unspecified atom stereocenters. The Labute approximate surface area is 428 Å². The van der Waals surface area contributed by atoms with Crippen molar-refractivity contribution in [3.63, 3.8) is 0 Å². The van der Waals surface area contributed by atoms with E-state index in [1.54, 1.807) is 7.11 Å². The number of azide groups is 1. The zero-order chi connectivity index (χ0) is 49.8. The van der Waals surface area contributed by atoms with Crippen LogP contribution in [0.2, 0.25) is 0 Å². The Morgan fingerprint density at radius 1 is 0.569 bits per heavy atom. The molecule has 0 bridgehead atoms. The lowest BCUT2D eigenvalue weighted by atomic mass is 9.96. The number of nitrogens with zero attached hydrogens (tertiary/aromatic N) is 3. The molecule has 2 aliphatic rings. The van der Waals surface area contributed by atoms with Crippen molar-refractivity contribution in [1.29, 1.82) is 0 Å². The zero-order valence-electron chi connectivity index (χ0n) is 42.5. The number of methoxy groups -OCH3 is 1. The van der Waals surface area contributed by atoms with Crippen molar-refractivity contribution in [3.8, 4) is 5.75 Å². The third-order valence-corrected chi connectivity index (χ3v) is 13.6. The molecule has 0 spiro atoms. The van der Waals surface area contributed by atoms with E-state index in [-0.39, 0.29) is 26.4 Å². The molecule has 0 saturated carbocycles. The molecule has 2 aliphatic heterocycles. The van der Waals surface area contributed by atoms with Crippen LogP contribution in [0.1, 0.15) is 125 Å². The van der Waals surface area contributed by atoms with E-state index < -0.39 is 55.2 Å². The van der Waals surface area contributed by atoms with Crippen molar-refractivity contribution >= 4 is 0 Å². The first kappa shape index (κ1) is 54.7. The summed E-state index contributed by atoms with van der Waals surface area (Å²) in [6.07, 6.45) is 10.3. The van der Waals surface area contributed by atoms with E-state index in [2.05, 4.69) is 29.1 Å². The van der Waals surface area contributed by atoms with Crippen LogP contribution in [0.5, 0.6) is 5.75 Å². The maximum absolute atomic E-state index is 10.3. The van der Waals surface area contributed by atoms with Crippen LogP contribution in [0, 0.1) is 0 Å². The SMILES string of the molecule is CCCCCCCCCCCCCC[C@@H](OCc1ccccc1)[C@@H](OCc1ccccc1)[C@H](CO[C@H]1O[C@@H]2COC(c3ccccc3)O[C@@H]2[C@H](OCc2ccccc2)[C@H]1OCc1ccc(OC)cc1)N=[N+]=[N-]. The second-order valence-electron chi connectivity index (χ2n) is 19.0. The Morgan fingerprint density at radius 3 is 1.65 bits per heavy atom. The first-order chi connectivity index (χ1) is 35.6. The first-order valence-electron chi connectivity index (χ1n) is 26.5. The van der Waals surface area contributed by atoms with Gasteiger partial charge in [0, 0.05) is 10.5 Å². The van der Waals surface area contributed by atoms with Gasteiger partial charge in [-0.25, -0.2) is 0 Å². The predicted molar refractivity (Wildman–Crippen MR) is 280 cm³/mol. The molecule has 2 fully saturated rings. The minimum absolute atomic E-state index is 0.0582. The van der Waals surface area contributed by atoms with Gasteiger partial charge in [0.25, 0.3) is 0 Å². The van der Waals surface area contributed by atoms with Crippen LogP contribution in [-0.2, 0) is 64.3 Å². The molecule has 72 heavy (non-hydrogen) atoms. The molecule has 386 valence electrons. The van der Waals surface area contributed by atoms with E-state index in [1.807, 2.05) is 133 Å². The number of ether oxygens (including phenoxy) is 9. The number of fused-ring (bicyclic) bond motifs is 1. The number of unbranched alkanes of at least 4 members (excludes halogenated alkanes) is 11. The number of hydrogen-bond donors (Lipinski definition) is 0. The molecule has 9 atom stereocenters. The largest absolute Gasteiger partial charge is 0.497 e. The third kappa shape index (κ3) is 17.8. The second kappa shape index (κ2) is 31.5. The third-order valence-electron chi connectivity index (χ3n) is 13.6. The van der Waals surface area contributed by atoms with Gasteiger partial charge in [-0.1, -0.05) is 223 Å². The highest BCUT2D eigenvalue weighted by atomic mass is 16.8. The lowest BCUT2D eigenvalue weighted by molar-refractivity contribution is -0.373. The van der Waals surface area contributed by atoms with E-state index in [4.69, 9.17) is 42.6 Å². The molecule has 0 aliphatic carbocycles.